The number of phenols is 1. The minimum atomic E-state index is 0.330. The fraction of sp³-hybridized carbons (Fsp3) is 0.0526. The van der Waals surface area contributed by atoms with Crippen molar-refractivity contribution in [2.45, 2.75) is 6.54 Å². The monoisotopic (exact) mass is 288 g/mol. The molecule has 0 unspecified atom stereocenters. The Hall–Kier alpha value is -2.94. The molecule has 3 nitrogen and oxygen atoms in total. The Morgan fingerprint density at radius 1 is 0.727 bits per heavy atom. The highest BCUT2D eigenvalue weighted by Gasteiger charge is 2.22. The Labute approximate surface area is 129 Å². The largest absolute Gasteiger partial charge is 0.508 e. The van der Waals surface area contributed by atoms with E-state index in [0.717, 1.165) is 28.3 Å². The lowest BCUT2D eigenvalue weighted by molar-refractivity contribution is 0.468. The summed E-state index contributed by atoms with van der Waals surface area (Å²) in [4.78, 5) is 2.23. The van der Waals surface area contributed by atoms with Crippen molar-refractivity contribution < 1.29 is 5.11 Å². The molecule has 3 aromatic carbocycles. The molecule has 3 aromatic rings. The van der Waals surface area contributed by atoms with Crippen LogP contribution in [0.1, 0.15) is 5.56 Å². The van der Waals surface area contributed by atoms with Crippen LogP contribution in [0.15, 0.2) is 72.8 Å². The van der Waals surface area contributed by atoms with Gasteiger partial charge in [0.1, 0.15) is 5.75 Å². The predicted molar refractivity (Wildman–Crippen MR) is 90.1 cm³/mol. The Bertz CT molecular complexity index is 783. The Balaban J connectivity index is 1.83. The van der Waals surface area contributed by atoms with Gasteiger partial charge in [0, 0.05) is 5.56 Å². The summed E-state index contributed by atoms with van der Waals surface area (Å²) in [5.74, 6) is 0.330. The van der Waals surface area contributed by atoms with E-state index < -0.39 is 0 Å². The third-order valence-electron chi connectivity index (χ3n) is 3.98. The van der Waals surface area contributed by atoms with Crippen molar-refractivity contribution in [3.8, 4) is 5.75 Å². The van der Waals surface area contributed by atoms with Crippen LogP contribution in [0.4, 0.5) is 22.7 Å². The second-order valence-corrected chi connectivity index (χ2v) is 5.37. The number of nitrogens with one attached hydrogen (secondary N) is 1. The molecule has 0 radical (unpaired) electrons. The van der Waals surface area contributed by atoms with E-state index in [0.29, 0.717) is 12.3 Å². The molecule has 22 heavy (non-hydrogen) atoms. The smallest absolute Gasteiger partial charge is 0.120 e. The normalized spacial score (nSPS) is 12.3. The molecule has 1 aliphatic rings. The lowest BCUT2D eigenvalue weighted by Gasteiger charge is -2.34. The molecule has 0 aliphatic carbocycles. The van der Waals surface area contributed by atoms with Gasteiger partial charge in [0.25, 0.3) is 0 Å². The average molecular weight is 288 g/mol. The fourth-order valence-electron chi connectivity index (χ4n) is 2.89. The van der Waals surface area contributed by atoms with E-state index in [9.17, 15) is 5.11 Å². The Morgan fingerprint density at radius 3 is 1.91 bits per heavy atom. The first kappa shape index (κ1) is 12.8. The predicted octanol–water partition coefficient (Wildman–Crippen LogP) is 4.79. The van der Waals surface area contributed by atoms with Crippen LogP contribution in [0.2, 0.25) is 0 Å². The number of aromatic hydroxyl groups is 1. The average Bonchev–Trinajstić information content (AvgIpc) is 2.56. The summed E-state index contributed by atoms with van der Waals surface area (Å²) < 4.78 is 0. The number of phenolic OH excluding ortho intramolecular Hbond substituents is 1. The number of hydrogen-bond donors (Lipinski definition) is 2. The van der Waals surface area contributed by atoms with Gasteiger partial charge in [0.05, 0.1) is 29.3 Å². The van der Waals surface area contributed by atoms with E-state index in [1.165, 1.54) is 0 Å². The highest BCUT2D eigenvalue weighted by atomic mass is 16.3. The molecule has 1 aliphatic heterocycles. The van der Waals surface area contributed by atoms with Crippen LogP contribution in [-0.2, 0) is 6.54 Å². The number of benzene rings is 3. The first-order chi connectivity index (χ1) is 10.8. The Kier molecular flexibility index (Phi) is 2.97. The topological polar surface area (TPSA) is 35.5 Å². The minimum absolute atomic E-state index is 0.330. The van der Waals surface area contributed by atoms with Crippen molar-refractivity contribution in [3.05, 3.63) is 78.4 Å². The summed E-state index contributed by atoms with van der Waals surface area (Å²) in [6.07, 6.45) is 0. The highest BCUT2D eigenvalue weighted by Crippen LogP contribution is 2.44. The van der Waals surface area contributed by atoms with Crippen LogP contribution in [0.5, 0.6) is 5.75 Å². The second kappa shape index (κ2) is 5.11. The lowest BCUT2D eigenvalue weighted by atomic mass is 10.1. The van der Waals surface area contributed by atoms with Gasteiger partial charge in [-0.3, -0.25) is 0 Å². The quantitative estimate of drug-likeness (QED) is 0.712. The summed E-state index contributed by atoms with van der Waals surface area (Å²) in [7, 11) is 0. The third-order valence-corrected chi connectivity index (χ3v) is 3.98. The number of nitrogens with zero attached hydrogens (tertiary/aromatic N) is 1. The molecule has 2 N–H and O–H groups in total. The summed E-state index contributed by atoms with van der Waals surface area (Å²) >= 11 is 0. The van der Waals surface area contributed by atoms with Gasteiger partial charge in [-0.25, -0.2) is 0 Å². The van der Waals surface area contributed by atoms with Crippen LogP contribution in [0, 0.1) is 0 Å². The van der Waals surface area contributed by atoms with E-state index >= 15 is 0 Å². The van der Waals surface area contributed by atoms with Gasteiger partial charge in [0.2, 0.25) is 0 Å². The van der Waals surface area contributed by atoms with Crippen molar-refractivity contribution in [1.82, 2.24) is 0 Å². The van der Waals surface area contributed by atoms with Gasteiger partial charge in [-0.1, -0.05) is 42.5 Å². The molecule has 0 atom stereocenters. The summed E-state index contributed by atoms with van der Waals surface area (Å²) in [6.45, 7) is 0.627. The molecule has 0 aromatic heterocycles. The second-order valence-electron chi connectivity index (χ2n) is 5.37. The zero-order valence-corrected chi connectivity index (χ0v) is 12.0. The maximum absolute atomic E-state index is 10.1. The lowest BCUT2D eigenvalue weighted by Crippen LogP contribution is -2.22. The van der Waals surface area contributed by atoms with Gasteiger partial charge < -0.3 is 15.3 Å². The van der Waals surface area contributed by atoms with Crippen molar-refractivity contribution in [1.29, 1.82) is 0 Å². The van der Waals surface area contributed by atoms with Crippen LogP contribution in [0.3, 0.4) is 0 Å². The summed E-state index contributed by atoms with van der Waals surface area (Å²) in [6, 6.07) is 23.9. The number of hydrogen-bond acceptors (Lipinski definition) is 3. The standard InChI is InChI=1S/C19H16N2O/c22-19-12-6-1-7-14(19)13-21-17-10-4-2-8-15(17)20-16-9-3-5-11-18(16)21/h1-12,20,22H,13H2. The van der Waals surface area contributed by atoms with E-state index in [1.54, 1.807) is 6.07 Å². The van der Waals surface area contributed by atoms with Crippen molar-refractivity contribution in [2.75, 3.05) is 10.2 Å². The van der Waals surface area contributed by atoms with Crippen molar-refractivity contribution in [2.24, 2.45) is 0 Å². The number of fused-ring (bicyclic) bond motifs is 2. The Morgan fingerprint density at radius 2 is 1.27 bits per heavy atom. The van der Waals surface area contributed by atoms with Crippen molar-refractivity contribution in [3.63, 3.8) is 0 Å². The number of para-hydroxylation sites is 5. The molecule has 3 heteroatoms. The molecule has 0 fully saturated rings. The molecule has 0 amide bonds. The van der Waals surface area contributed by atoms with Crippen LogP contribution < -0.4 is 10.2 Å². The zero-order valence-electron chi connectivity index (χ0n) is 12.0. The van der Waals surface area contributed by atoms with Crippen LogP contribution >= 0.6 is 0 Å². The molecule has 0 spiro atoms. The molecule has 4 rings (SSSR count). The van der Waals surface area contributed by atoms with Crippen LogP contribution in [-0.4, -0.2) is 5.11 Å². The number of anilines is 4. The van der Waals surface area contributed by atoms with Crippen molar-refractivity contribution >= 4 is 22.7 Å². The maximum atomic E-state index is 10.1. The van der Waals surface area contributed by atoms with Gasteiger partial charge in [-0.15, -0.1) is 0 Å². The third kappa shape index (κ3) is 2.07. The van der Waals surface area contributed by atoms with Gasteiger partial charge in [0.15, 0.2) is 0 Å². The van der Waals surface area contributed by atoms with E-state index in [1.807, 2.05) is 42.5 Å². The zero-order chi connectivity index (χ0) is 14.9. The van der Waals surface area contributed by atoms with Crippen LogP contribution in [0.25, 0.3) is 0 Å². The molecule has 0 saturated heterocycles. The summed E-state index contributed by atoms with van der Waals surface area (Å²) in [5.41, 5.74) is 5.30. The van der Waals surface area contributed by atoms with Gasteiger partial charge in [-0.2, -0.15) is 0 Å². The first-order valence-electron chi connectivity index (χ1n) is 7.32. The molecule has 1 heterocycles. The first-order valence-corrected chi connectivity index (χ1v) is 7.32. The van der Waals surface area contributed by atoms with E-state index in [4.69, 9.17) is 0 Å². The summed E-state index contributed by atoms with van der Waals surface area (Å²) in [5, 5.41) is 13.6. The van der Waals surface area contributed by atoms with Gasteiger partial charge in [-0.05, 0) is 30.3 Å². The molecule has 108 valence electrons. The maximum Gasteiger partial charge on any atom is 0.120 e. The molecular weight excluding hydrogens is 272 g/mol. The highest BCUT2D eigenvalue weighted by molar-refractivity contribution is 5.91. The van der Waals surface area contributed by atoms with E-state index in [-0.39, 0.29) is 0 Å². The SMILES string of the molecule is Oc1ccccc1CN1c2ccccc2Nc2ccccc21. The molecule has 0 bridgehead atoms. The molecular formula is C19H16N2O. The minimum Gasteiger partial charge on any atom is -0.508 e. The fourth-order valence-corrected chi connectivity index (χ4v) is 2.89. The van der Waals surface area contributed by atoms with E-state index in [2.05, 4.69) is 34.5 Å². The number of rotatable bonds is 2. The molecule has 0 saturated carbocycles. The van der Waals surface area contributed by atoms with Gasteiger partial charge >= 0.3 is 0 Å².